The molecule has 0 radical (unpaired) electrons. The van der Waals surface area contributed by atoms with E-state index in [0.717, 1.165) is 6.07 Å². The predicted molar refractivity (Wildman–Crippen MR) is 125 cm³/mol. The molecule has 6 rings (SSSR count). The number of nitrogens with zero attached hydrogens (tertiary/aromatic N) is 5. The second kappa shape index (κ2) is 8.38. The Hall–Kier alpha value is -3.78. The van der Waals surface area contributed by atoms with E-state index in [9.17, 15) is 17.6 Å². The van der Waals surface area contributed by atoms with E-state index in [1.807, 2.05) is 0 Å². The van der Waals surface area contributed by atoms with Crippen LogP contribution in [0.3, 0.4) is 0 Å². The van der Waals surface area contributed by atoms with Gasteiger partial charge < -0.3 is 9.64 Å². The highest BCUT2D eigenvalue weighted by atomic mass is 19.4. The summed E-state index contributed by atoms with van der Waals surface area (Å²) in [5.74, 6) is 4.61. The molecule has 3 heterocycles. The normalized spacial score (nSPS) is 16.9. The fourth-order valence-electron chi connectivity index (χ4n) is 4.53. The van der Waals surface area contributed by atoms with Gasteiger partial charge in [-0.15, -0.1) is 10.2 Å². The molecule has 2 aromatic carbocycles. The van der Waals surface area contributed by atoms with E-state index in [1.165, 1.54) is 18.2 Å². The largest absolute Gasteiger partial charge is 0.405 e. The maximum Gasteiger partial charge on any atom is 0.405 e. The van der Waals surface area contributed by atoms with Crippen LogP contribution in [0.5, 0.6) is 0 Å². The van der Waals surface area contributed by atoms with E-state index >= 15 is 4.39 Å². The maximum absolute atomic E-state index is 15.3. The van der Waals surface area contributed by atoms with E-state index in [4.69, 9.17) is 4.74 Å². The van der Waals surface area contributed by atoms with E-state index in [2.05, 4.69) is 27.0 Å². The standard InChI is InChI=1S/C26H20F5N5O/c1-15-33-34-24-32-23(22-20(28)3-2-4-21(22)36(15)24)35(12-17-13-37-14-17)19-10-16(9-18(27)11-19)5-6-25(7-8-25)26(29,30)31/h2-4,9-11,17H,7-8,12-14H2,1H3. The molecule has 190 valence electrons. The first-order chi connectivity index (χ1) is 17.6. The topological polar surface area (TPSA) is 55.5 Å². The lowest BCUT2D eigenvalue weighted by molar-refractivity contribution is -0.168. The van der Waals surface area contributed by atoms with Crippen LogP contribution in [-0.2, 0) is 4.74 Å². The van der Waals surface area contributed by atoms with Gasteiger partial charge in [-0.1, -0.05) is 17.9 Å². The molecule has 0 atom stereocenters. The number of ether oxygens (including phenoxy) is 1. The summed E-state index contributed by atoms with van der Waals surface area (Å²) in [6.45, 7) is 2.95. The van der Waals surface area contributed by atoms with Gasteiger partial charge >= 0.3 is 6.18 Å². The average molecular weight is 513 g/mol. The molecule has 4 aromatic rings. The second-order valence-electron chi connectivity index (χ2n) is 9.49. The van der Waals surface area contributed by atoms with Gasteiger partial charge in [-0.2, -0.15) is 18.2 Å². The van der Waals surface area contributed by atoms with Crippen molar-refractivity contribution in [1.82, 2.24) is 19.6 Å². The maximum atomic E-state index is 15.3. The van der Waals surface area contributed by atoms with Crippen LogP contribution in [-0.4, -0.2) is 45.5 Å². The number of aryl methyl sites for hydroxylation is 1. The van der Waals surface area contributed by atoms with Crippen molar-refractivity contribution in [3.05, 3.63) is 59.4 Å². The van der Waals surface area contributed by atoms with Crippen molar-refractivity contribution in [1.29, 1.82) is 0 Å². The fraction of sp³-hybridized carbons (Fsp3) is 0.346. The summed E-state index contributed by atoms with van der Waals surface area (Å²) >= 11 is 0. The molecule has 2 aromatic heterocycles. The van der Waals surface area contributed by atoms with Gasteiger partial charge in [-0.3, -0.25) is 4.40 Å². The lowest BCUT2D eigenvalue weighted by Crippen LogP contribution is -2.38. The summed E-state index contributed by atoms with van der Waals surface area (Å²) in [5.41, 5.74) is -1.19. The Kier molecular flexibility index (Phi) is 5.35. The summed E-state index contributed by atoms with van der Waals surface area (Å²) in [6.07, 6.45) is -4.60. The minimum Gasteiger partial charge on any atom is -0.381 e. The number of hydrogen-bond acceptors (Lipinski definition) is 5. The summed E-state index contributed by atoms with van der Waals surface area (Å²) in [7, 11) is 0. The third-order valence-electron chi connectivity index (χ3n) is 6.81. The lowest BCUT2D eigenvalue weighted by Gasteiger charge is -2.33. The Labute approximate surface area is 208 Å². The number of anilines is 2. The molecular formula is C26H20F5N5O. The Bertz CT molecular complexity index is 1590. The van der Waals surface area contributed by atoms with E-state index in [-0.39, 0.29) is 47.0 Å². The molecule has 1 aliphatic carbocycles. The van der Waals surface area contributed by atoms with Gasteiger partial charge in [0.1, 0.15) is 28.7 Å². The molecule has 2 fully saturated rings. The summed E-state index contributed by atoms with van der Waals surface area (Å²) in [5, 5.41) is 8.34. The van der Waals surface area contributed by atoms with Gasteiger partial charge in [-0.25, -0.2) is 8.78 Å². The van der Waals surface area contributed by atoms with Crippen LogP contribution in [0.1, 0.15) is 24.2 Å². The molecule has 0 amide bonds. The second-order valence-corrected chi connectivity index (χ2v) is 9.49. The minimum atomic E-state index is -4.45. The lowest BCUT2D eigenvalue weighted by atomic mass is 10.0. The molecule has 6 nitrogen and oxygen atoms in total. The van der Waals surface area contributed by atoms with E-state index in [0.29, 0.717) is 31.1 Å². The van der Waals surface area contributed by atoms with Crippen LogP contribution < -0.4 is 4.90 Å². The Morgan fingerprint density at radius 2 is 1.92 bits per heavy atom. The number of hydrogen-bond donors (Lipinski definition) is 0. The van der Waals surface area contributed by atoms with Crippen molar-refractivity contribution in [2.24, 2.45) is 11.3 Å². The quantitative estimate of drug-likeness (QED) is 0.272. The van der Waals surface area contributed by atoms with Crippen molar-refractivity contribution in [2.45, 2.75) is 25.9 Å². The number of alkyl halides is 3. The van der Waals surface area contributed by atoms with E-state index in [1.54, 1.807) is 28.4 Å². The van der Waals surface area contributed by atoms with Crippen LogP contribution in [0.25, 0.3) is 16.7 Å². The SMILES string of the molecule is Cc1nnc2nc(N(CC3COC3)c3cc(F)cc(C#CC4(C(F)(F)F)CC4)c3)c3c(F)cccc3n12. The van der Waals surface area contributed by atoms with Crippen LogP contribution >= 0.6 is 0 Å². The van der Waals surface area contributed by atoms with Gasteiger partial charge in [0, 0.05) is 23.7 Å². The highest BCUT2D eigenvalue weighted by Crippen LogP contribution is 2.57. The Balaban J connectivity index is 1.52. The van der Waals surface area contributed by atoms with Crippen LogP contribution in [0, 0.1) is 41.7 Å². The van der Waals surface area contributed by atoms with Gasteiger partial charge in [0.25, 0.3) is 5.78 Å². The predicted octanol–water partition coefficient (Wildman–Crippen LogP) is 5.34. The number of benzene rings is 2. The first-order valence-electron chi connectivity index (χ1n) is 11.7. The molecule has 2 aliphatic rings. The molecule has 37 heavy (non-hydrogen) atoms. The number of halogens is 5. The van der Waals surface area contributed by atoms with Gasteiger partial charge in [0.05, 0.1) is 24.1 Å². The molecule has 0 unspecified atom stereocenters. The molecule has 0 N–H and O–H groups in total. The van der Waals surface area contributed by atoms with Crippen molar-refractivity contribution in [3.63, 3.8) is 0 Å². The Morgan fingerprint density at radius 3 is 2.59 bits per heavy atom. The first-order valence-corrected chi connectivity index (χ1v) is 11.7. The highest BCUT2D eigenvalue weighted by molar-refractivity contribution is 5.94. The smallest absolute Gasteiger partial charge is 0.381 e. The van der Waals surface area contributed by atoms with Crippen molar-refractivity contribution in [2.75, 3.05) is 24.7 Å². The molecule has 0 spiro atoms. The zero-order chi connectivity index (χ0) is 25.9. The van der Waals surface area contributed by atoms with Gasteiger partial charge in [0.15, 0.2) is 0 Å². The van der Waals surface area contributed by atoms with Crippen molar-refractivity contribution in [3.8, 4) is 11.8 Å². The van der Waals surface area contributed by atoms with E-state index < -0.39 is 23.2 Å². The first kappa shape index (κ1) is 23.6. The molecule has 11 heteroatoms. The molecule has 1 saturated carbocycles. The molecular weight excluding hydrogens is 493 g/mol. The molecule has 1 aliphatic heterocycles. The molecule has 1 saturated heterocycles. The van der Waals surface area contributed by atoms with Gasteiger partial charge in [0.2, 0.25) is 0 Å². The molecule has 0 bridgehead atoms. The summed E-state index contributed by atoms with van der Waals surface area (Å²) in [4.78, 5) is 6.23. The summed E-state index contributed by atoms with van der Waals surface area (Å²) < 4.78 is 77.1. The zero-order valence-corrected chi connectivity index (χ0v) is 19.6. The van der Waals surface area contributed by atoms with Crippen molar-refractivity contribution < 1.29 is 26.7 Å². The number of rotatable bonds is 4. The monoisotopic (exact) mass is 513 g/mol. The summed E-state index contributed by atoms with van der Waals surface area (Å²) in [6, 6.07) is 8.40. The fourth-order valence-corrected chi connectivity index (χ4v) is 4.53. The minimum absolute atomic E-state index is 0.0530. The number of fused-ring (bicyclic) bond motifs is 3. The third kappa shape index (κ3) is 4.05. The zero-order valence-electron chi connectivity index (χ0n) is 19.6. The van der Waals surface area contributed by atoms with Crippen molar-refractivity contribution >= 4 is 28.2 Å². The average Bonchev–Trinajstić information content (AvgIpc) is 3.53. The van der Waals surface area contributed by atoms with Crippen LogP contribution in [0.15, 0.2) is 36.4 Å². The van der Waals surface area contributed by atoms with Crippen LogP contribution in [0.2, 0.25) is 0 Å². The third-order valence-corrected chi connectivity index (χ3v) is 6.81. The highest BCUT2D eigenvalue weighted by Gasteiger charge is 2.62. The Morgan fingerprint density at radius 1 is 1.14 bits per heavy atom. The van der Waals surface area contributed by atoms with Crippen LogP contribution in [0.4, 0.5) is 33.5 Å². The number of aromatic nitrogens is 4. The van der Waals surface area contributed by atoms with Gasteiger partial charge in [-0.05, 0) is 50.1 Å².